The summed E-state index contributed by atoms with van der Waals surface area (Å²) in [7, 11) is 0. The molecule has 2 aliphatic rings. The molecule has 2 aliphatic heterocycles. The zero-order valence-electron chi connectivity index (χ0n) is 8.82. The molecule has 2 fully saturated rings. The topological polar surface area (TPSA) is 52.7 Å². The maximum Gasteiger partial charge on any atom is 0.227 e. The van der Waals surface area contributed by atoms with Crippen molar-refractivity contribution < 1.29 is 9.59 Å². The van der Waals surface area contributed by atoms with Crippen LogP contribution in [0.5, 0.6) is 0 Å². The lowest BCUT2D eigenvalue weighted by atomic mass is 10.1. The minimum atomic E-state index is 0.160. The molecule has 0 aromatic rings. The van der Waals surface area contributed by atoms with E-state index in [4.69, 9.17) is 0 Å². The average molecular weight is 211 g/mol. The van der Waals surface area contributed by atoms with E-state index in [2.05, 4.69) is 5.32 Å². The Hall–Kier alpha value is -1.10. The van der Waals surface area contributed by atoms with Crippen molar-refractivity contribution in [3.8, 4) is 0 Å². The molecule has 0 bridgehead atoms. The van der Waals surface area contributed by atoms with Gasteiger partial charge in [-0.05, 0) is 13.0 Å². The van der Waals surface area contributed by atoms with Gasteiger partial charge in [0.2, 0.25) is 12.3 Å². The van der Waals surface area contributed by atoms with E-state index in [-0.39, 0.29) is 11.8 Å². The third kappa shape index (κ3) is 2.28. The summed E-state index contributed by atoms with van der Waals surface area (Å²) in [5.41, 5.74) is 0. The van der Waals surface area contributed by atoms with Crippen molar-refractivity contribution in [2.45, 2.75) is 6.42 Å². The fraction of sp³-hybridized carbons (Fsp3) is 0.800. The van der Waals surface area contributed by atoms with Gasteiger partial charge in [-0.15, -0.1) is 0 Å². The van der Waals surface area contributed by atoms with Crippen LogP contribution in [0.4, 0.5) is 0 Å². The zero-order valence-corrected chi connectivity index (χ0v) is 8.82. The summed E-state index contributed by atoms with van der Waals surface area (Å²) in [6.07, 6.45) is 1.81. The number of hydrogen-bond acceptors (Lipinski definition) is 3. The van der Waals surface area contributed by atoms with Crippen LogP contribution in [0.1, 0.15) is 6.42 Å². The Balaban J connectivity index is 1.84. The van der Waals surface area contributed by atoms with E-state index in [1.54, 1.807) is 4.90 Å². The molecule has 0 saturated carbocycles. The maximum absolute atomic E-state index is 12.0. The number of nitrogens with one attached hydrogen (secondary N) is 1. The fourth-order valence-electron chi connectivity index (χ4n) is 2.17. The summed E-state index contributed by atoms with van der Waals surface area (Å²) < 4.78 is 0. The molecule has 0 spiro atoms. The van der Waals surface area contributed by atoms with Crippen LogP contribution < -0.4 is 5.32 Å². The van der Waals surface area contributed by atoms with Gasteiger partial charge in [0.05, 0.1) is 5.92 Å². The third-order valence-electron chi connectivity index (χ3n) is 3.18. The van der Waals surface area contributed by atoms with Crippen LogP contribution in [0.25, 0.3) is 0 Å². The zero-order chi connectivity index (χ0) is 10.7. The van der Waals surface area contributed by atoms with Crippen LogP contribution in [0, 0.1) is 5.92 Å². The molecule has 2 heterocycles. The van der Waals surface area contributed by atoms with Crippen molar-refractivity contribution >= 4 is 12.3 Å². The predicted octanol–water partition coefficient (Wildman–Crippen LogP) is -1.10. The molecule has 0 aromatic carbocycles. The summed E-state index contributed by atoms with van der Waals surface area (Å²) in [5, 5.41) is 3.20. The Morgan fingerprint density at radius 2 is 2.00 bits per heavy atom. The molecular formula is C10H17N3O2. The van der Waals surface area contributed by atoms with Crippen molar-refractivity contribution in [1.29, 1.82) is 0 Å². The Bertz CT molecular complexity index is 243. The number of rotatable bonds is 2. The highest BCUT2D eigenvalue weighted by Crippen LogP contribution is 2.13. The van der Waals surface area contributed by atoms with E-state index in [9.17, 15) is 9.59 Å². The molecule has 0 radical (unpaired) electrons. The number of piperazine rings is 1. The Morgan fingerprint density at radius 3 is 2.53 bits per heavy atom. The van der Waals surface area contributed by atoms with E-state index in [0.29, 0.717) is 26.2 Å². The number of carbonyl (C=O) groups excluding carboxylic acids is 2. The average Bonchev–Trinajstić information content (AvgIpc) is 2.82. The van der Waals surface area contributed by atoms with Gasteiger partial charge in [-0.1, -0.05) is 0 Å². The second-order valence-corrected chi connectivity index (χ2v) is 4.16. The second-order valence-electron chi connectivity index (χ2n) is 4.16. The van der Waals surface area contributed by atoms with Gasteiger partial charge in [0.25, 0.3) is 0 Å². The molecule has 2 rings (SSSR count). The lowest BCUT2D eigenvalue weighted by Gasteiger charge is -2.33. The van der Waals surface area contributed by atoms with Gasteiger partial charge in [-0.3, -0.25) is 9.59 Å². The van der Waals surface area contributed by atoms with Crippen LogP contribution >= 0.6 is 0 Å². The van der Waals surface area contributed by atoms with Crippen LogP contribution in [-0.4, -0.2) is 61.4 Å². The summed E-state index contributed by atoms with van der Waals surface area (Å²) >= 11 is 0. The standard InChI is InChI=1S/C10H17N3O2/c14-8-12-3-5-13(6-4-12)10(15)9-1-2-11-7-9/h8-9,11H,1-7H2. The SMILES string of the molecule is O=CN1CCN(C(=O)C2CCNC2)CC1. The van der Waals surface area contributed by atoms with Crippen molar-refractivity contribution in [2.75, 3.05) is 39.3 Å². The number of hydrogen-bond donors (Lipinski definition) is 1. The molecule has 84 valence electrons. The molecule has 15 heavy (non-hydrogen) atoms. The van der Waals surface area contributed by atoms with Crippen molar-refractivity contribution in [3.63, 3.8) is 0 Å². The van der Waals surface area contributed by atoms with Crippen LogP contribution in [0.15, 0.2) is 0 Å². The summed E-state index contributed by atoms with van der Waals surface area (Å²) in [5.74, 6) is 0.415. The molecule has 1 N–H and O–H groups in total. The van der Waals surface area contributed by atoms with Gasteiger partial charge >= 0.3 is 0 Å². The van der Waals surface area contributed by atoms with Crippen LogP contribution in [0.3, 0.4) is 0 Å². The third-order valence-corrected chi connectivity index (χ3v) is 3.18. The van der Waals surface area contributed by atoms with E-state index >= 15 is 0 Å². The first-order valence-electron chi connectivity index (χ1n) is 5.50. The lowest BCUT2D eigenvalue weighted by Crippen LogP contribution is -2.50. The van der Waals surface area contributed by atoms with Crippen molar-refractivity contribution in [3.05, 3.63) is 0 Å². The lowest BCUT2D eigenvalue weighted by molar-refractivity contribution is -0.138. The summed E-state index contributed by atoms with van der Waals surface area (Å²) in [4.78, 5) is 26.1. The Morgan fingerprint density at radius 1 is 1.27 bits per heavy atom. The highest BCUT2D eigenvalue weighted by molar-refractivity contribution is 5.79. The largest absolute Gasteiger partial charge is 0.342 e. The van der Waals surface area contributed by atoms with Gasteiger partial charge in [0.15, 0.2) is 0 Å². The van der Waals surface area contributed by atoms with Crippen molar-refractivity contribution in [1.82, 2.24) is 15.1 Å². The number of nitrogens with zero attached hydrogens (tertiary/aromatic N) is 2. The molecule has 1 atom stereocenters. The maximum atomic E-state index is 12.0. The molecule has 0 aliphatic carbocycles. The number of amides is 2. The molecule has 5 nitrogen and oxygen atoms in total. The highest BCUT2D eigenvalue weighted by Gasteiger charge is 2.28. The van der Waals surface area contributed by atoms with Gasteiger partial charge in [-0.25, -0.2) is 0 Å². The van der Waals surface area contributed by atoms with Crippen molar-refractivity contribution in [2.24, 2.45) is 5.92 Å². The van der Waals surface area contributed by atoms with E-state index in [0.717, 1.165) is 25.9 Å². The summed E-state index contributed by atoms with van der Waals surface area (Å²) in [6, 6.07) is 0. The van der Waals surface area contributed by atoms with Gasteiger partial charge in [0, 0.05) is 32.7 Å². The van der Waals surface area contributed by atoms with Crippen LogP contribution in [0.2, 0.25) is 0 Å². The first-order chi connectivity index (χ1) is 7.31. The molecule has 2 saturated heterocycles. The minimum Gasteiger partial charge on any atom is -0.342 e. The smallest absolute Gasteiger partial charge is 0.227 e. The summed E-state index contributed by atoms with van der Waals surface area (Å²) in [6.45, 7) is 4.49. The van der Waals surface area contributed by atoms with Gasteiger partial charge in [-0.2, -0.15) is 0 Å². The van der Waals surface area contributed by atoms with E-state index in [1.807, 2.05) is 4.90 Å². The monoisotopic (exact) mass is 211 g/mol. The quantitative estimate of drug-likeness (QED) is 0.590. The van der Waals surface area contributed by atoms with E-state index in [1.165, 1.54) is 0 Å². The Kier molecular flexibility index (Phi) is 3.20. The Labute approximate surface area is 89.4 Å². The first kappa shape index (κ1) is 10.4. The van der Waals surface area contributed by atoms with Gasteiger partial charge in [0.1, 0.15) is 0 Å². The second kappa shape index (κ2) is 4.61. The molecule has 5 heteroatoms. The predicted molar refractivity (Wildman–Crippen MR) is 55.2 cm³/mol. The number of carbonyl (C=O) groups is 2. The molecule has 2 amide bonds. The van der Waals surface area contributed by atoms with Crippen LogP contribution in [-0.2, 0) is 9.59 Å². The normalized spacial score (nSPS) is 26.8. The molecular weight excluding hydrogens is 194 g/mol. The minimum absolute atomic E-state index is 0.160. The molecule has 0 aromatic heterocycles. The van der Waals surface area contributed by atoms with Gasteiger partial charge < -0.3 is 15.1 Å². The first-order valence-corrected chi connectivity index (χ1v) is 5.50. The van der Waals surface area contributed by atoms with E-state index < -0.39 is 0 Å². The fourth-order valence-corrected chi connectivity index (χ4v) is 2.17. The molecule has 1 unspecified atom stereocenters. The highest BCUT2D eigenvalue weighted by atomic mass is 16.2.